The molecule has 3 aromatic carbocycles. The first-order valence-corrected chi connectivity index (χ1v) is 11.3. The third-order valence-electron chi connectivity index (χ3n) is 7.11. The average molecular weight is 472 g/mol. The summed E-state index contributed by atoms with van der Waals surface area (Å²) >= 11 is 6.15. The minimum atomic E-state index is -0.510. The summed E-state index contributed by atoms with van der Waals surface area (Å²) in [5, 5.41) is 12.5. The van der Waals surface area contributed by atoms with Crippen LogP contribution in [0.25, 0.3) is 6.08 Å². The van der Waals surface area contributed by atoms with Crippen molar-refractivity contribution >= 4 is 35.2 Å². The number of halogens is 1. The number of rotatable bonds is 4. The van der Waals surface area contributed by atoms with E-state index in [4.69, 9.17) is 11.6 Å². The van der Waals surface area contributed by atoms with E-state index in [0.717, 1.165) is 27.3 Å². The van der Waals surface area contributed by atoms with Crippen LogP contribution >= 0.6 is 11.6 Å². The van der Waals surface area contributed by atoms with Crippen LogP contribution in [0.4, 0.5) is 5.69 Å². The summed E-state index contributed by atoms with van der Waals surface area (Å²) in [7, 11) is 0. The van der Waals surface area contributed by atoms with Crippen LogP contribution in [0.3, 0.4) is 0 Å². The predicted octanol–water partition coefficient (Wildman–Crippen LogP) is 4.62. The molecule has 0 unspecified atom stereocenters. The van der Waals surface area contributed by atoms with Gasteiger partial charge in [-0.15, -0.1) is 0 Å². The lowest BCUT2D eigenvalue weighted by atomic mass is 9.55. The number of carbonyl (C=O) groups excluding carboxylic acids is 2. The zero-order valence-corrected chi connectivity index (χ0v) is 18.5. The van der Waals surface area contributed by atoms with E-state index >= 15 is 0 Å². The third-order valence-corrected chi connectivity index (χ3v) is 7.45. The summed E-state index contributed by atoms with van der Waals surface area (Å²) in [5.41, 5.74) is 7.53. The molecule has 1 saturated heterocycles. The summed E-state index contributed by atoms with van der Waals surface area (Å²) in [6, 6.07) is 20.2. The van der Waals surface area contributed by atoms with Gasteiger partial charge in [-0.1, -0.05) is 60.1 Å². The standard InChI is InChI=1S/C26H18ClN3O4/c27-20-10-9-15(30(33)34)13-14(20)11-12-28-29-25(31)23-21-16-5-1-2-6-17(16)22(24(23)26(29)32)19-8-4-3-7-18(19)21/h1-13,21-24,28H/b12-11+/t21?,22?,23-,24-/m0/s1. The number of nitrogens with one attached hydrogen (secondary N) is 1. The fraction of sp³-hybridized carbons (Fsp3) is 0.154. The van der Waals surface area contributed by atoms with E-state index in [-0.39, 0.29) is 29.3 Å². The molecule has 4 aliphatic rings. The molecule has 168 valence electrons. The molecule has 3 aliphatic carbocycles. The van der Waals surface area contributed by atoms with Crippen molar-refractivity contribution in [2.75, 3.05) is 0 Å². The Kier molecular flexibility index (Phi) is 4.57. The molecule has 1 heterocycles. The highest BCUT2D eigenvalue weighted by Gasteiger charge is 2.61. The Hall–Kier alpha value is -3.97. The highest BCUT2D eigenvalue weighted by molar-refractivity contribution is 6.32. The van der Waals surface area contributed by atoms with Crippen molar-refractivity contribution in [2.24, 2.45) is 11.8 Å². The highest BCUT2D eigenvalue weighted by Crippen LogP contribution is 2.60. The Bertz CT molecular complexity index is 1300. The molecule has 2 amide bonds. The lowest BCUT2D eigenvalue weighted by Crippen LogP contribution is -2.41. The van der Waals surface area contributed by atoms with E-state index in [1.54, 1.807) is 0 Å². The summed E-state index contributed by atoms with van der Waals surface area (Å²) in [4.78, 5) is 37.6. The molecule has 0 saturated carbocycles. The van der Waals surface area contributed by atoms with Crippen LogP contribution < -0.4 is 5.43 Å². The molecule has 2 atom stereocenters. The Morgan fingerprint density at radius 1 is 0.853 bits per heavy atom. The van der Waals surface area contributed by atoms with Crippen molar-refractivity contribution in [1.82, 2.24) is 10.4 Å². The Labute approximate surface area is 199 Å². The first kappa shape index (κ1) is 20.6. The molecule has 8 heteroatoms. The van der Waals surface area contributed by atoms with Gasteiger partial charge in [0.1, 0.15) is 0 Å². The maximum Gasteiger partial charge on any atom is 0.270 e. The van der Waals surface area contributed by atoms with Gasteiger partial charge in [0.25, 0.3) is 17.5 Å². The zero-order valence-electron chi connectivity index (χ0n) is 17.7. The quantitative estimate of drug-likeness (QED) is 0.340. The lowest BCUT2D eigenvalue weighted by molar-refractivity contribution is -0.384. The monoisotopic (exact) mass is 471 g/mol. The number of benzene rings is 3. The number of amides is 2. The largest absolute Gasteiger partial charge is 0.296 e. The molecule has 1 aliphatic heterocycles. The van der Waals surface area contributed by atoms with Crippen LogP contribution in [0.15, 0.2) is 72.9 Å². The lowest BCUT2D eigenvalue weighted by Gasteiger charge is -2.45. The molecule has 7 rings (SSSR count). The summed E-state index contributed by atoms with van der Waals surface area (Å²) in [5.74, 6) is -1.87. The van der Waals surface area contributed by atoms with Crippen molar-refractivity contribution in [3.05, 3.63) is 116 Å². The molecule has 0 radical (unpaired) electrons. The fourth-order valence-electron chi connectivity index (χ4n) is 5.78. The minimum Gasteiger partial charge on any atom is -0.296 e. The number of imide groups is 1. The Balaban J connectivity index is 1.34. The maximum atomic E-state index is 13.5. The second kappa shape index (κ2) is 7.53. The number of nitrogens with zero attached hydrogens (tertiary/aromatic N) is 2. The van der Waals surface area contributed by atoms with Gasteiger partial charge in [-0.05, 0) is 34.4 Å². The minimum absolute atomic E-state index is 0.101. The van der Waals surface area contributed by atoms with Gasteiger partial charge in [-0.25, -0.2) is 0 Å². The van der Waals surface area contributed by atoms with E-state index in [0.29, 0.717) is 10.6 Å². The predicted molar refractivity (Wildman–Crippen MR) is 126 cm³/mol. The van der Waals surface area contributed by atoms with Gasteiger partial charge in [0.05, 0.1) is 16.8 Å². The van der Waals surface area contributed by atoms with Gasteiger partial charge in [0.2, 0.25) is 0 Å². The molecular weight excluding hydrogens is 454 g/mol. The zero-order chi connectivity index (χ0) is 23.6. The number of non-ortho nitro benzene ring substituents is 1. The van der Waals surface area contributed by atoms with Gasteiger partial charge in [0.15, 0.2) is 0 Å². The Morgan fingerprint density at radius 3 is 1.82 bits per heavy atom. The van der Waals surface area contributed by atoms with Gasteiger partial charge < -0.3 is 0 Å². The first-order chi connectivity index (χ1) is 16.5. The van der Waals surface area contributed by atoms with Gasteiger partial charge >= 0.3 is 0 Å². The second-order valence-corrected chi connectivity index (χ2v) is 9.11. The summed E-state index contributed by atoms with van der Waals surface area (Å²) < 4.78 is 0. The molecule has 7 nitrogen and oxygen atoms in total. The molecule has 0 spiro atoms. The normalized spacial score (nSPS) is 24.2. The van der Waals surface area contributed by atoms with Gasteiger partial charge in [0, 0.05) is 40.8 Å². The Morgan fingerprint density at radius 2 is 1.35 bits per heavy atom. The highest BCUT2D eigenvalue weighted by atomic mass is 35.5. The van der Waals surface area contributed by atoms with Crippen LogP contribution in [0.2, 0.25) is 5.02 Å². The maximum absolute atomic E-state index is 13.5. The average Bonchev–Trinajstić information content (AvgIpc) is 3.10. The van der Waals surface area contributed by atoms with Crippen LogP contribution in [-0.4, -0.2) is 21.7 Å². The second-order valence-electron chi connectivity index (χ2n) is 8.70. The van der Waals surface area contributed by atoms with Crippen molar-refractivity contribution in [3.63, 3.8) is 0 Å². The number of nitro benzene ring substituents is 1. The number of hydrazine groups is 1. The van der Waals surface area contributed by atoms with Crippen molar-refractivity contribution in [1.29, 1.82) is 0 Å². The van der Waals surface area contributed by atoms with E-state index in [1.165, 1.54) is 30.5 Å². The fourth-order valence-corrected chi connectivity index (χ4v) is 5.96. The number of carbonyl (C=O) groups is 2. The van der Waals surface area contributed by atoms with Crippen LogP contribution in [0, 0.1) is 22.0 Å². The van der Waals surface area contributed by atoms with Crippen molar-refractivity contribution in [2.45, 2.75) is 11.8 Å². The smallest absolute Gasteiger partial charge is 0.270 e. The topological polar surface area (TPSA) is 92.6 Å². The van der Waals surface area contributed by atoms with Gasteiger partial charge in [-0.2, -0.15) is 5.01 Å². The van der Waals surface area contributed by atoms with E-state index in [1.807, 2.05) is 24.3 Å². The van der Waals surface area contributed by atoms with Gasteiger partial charge in [-0.3, -0.25) is 25.1 Å². The van der Waals surface area contributed by atoms with E-state index in [9.17, 15) is 19.7 Å². The van der Waals surface area contributed by atoms with E-state index < -0.39 is 16.8 Å². The molecule has 1 fully saturated rings. The molecule has 34 heavy (non-hydrogen) atoms. The van der Waals surface area contributed by atoms with Crippen molar-refractivity contribution < 1.29 is 14.5 Å². The first-order valence-electron chi connectivity index (χ1n) is 10.9. The van der Waals surface area contributed by atoms with Crippen molar-refractivity contribution in [3.8, 4) is 0 Å². The number of hydrogen-bond donors (Lipinski definition) is 1. The molecule has 1 N–H and O–H groups in total. The number of nitro groups is 1. The van der Waals surface area contributed by atoms with Crippen LogP contribution in [0.1, 0.15) is 39.7 Å². The SMILES string of the molecule is O=C1[C@H]2C3c4ccccc4C(c4ccccc43)[C@@H]2C(=O)N1N/C=C/c1cc([N+](=O)[O-])ccc1Cl. The molecule has 2 bridgehead atoms. The summed E-state index contributed by atoms with van der Waals surface area (Å²) in [6.07, 6.45) is 2.93. The van der Waals surface area contributed by atoms with E-state index in [2.05, 4.69) is 29.7 Å². The molecular formula is C26H18ClN3O4. The molecule has 0 aromatic heterocycles. The summed E-state index contributed by atoms with van der Waals surface area (Å²) in [6.45, 7) is 0. The molecule has 3 aromatic rings. The van der Waals surface area contributed by atoms with Crippen LogP contribution in [-0.2, 0) is 9.59 Å². The third kappa shape index (κ3) is 2.83. The number of hydrogen-bond acceptors (Lipinski definition) is 5. The van der Waals surface area contributed by atoms with Crippen LogP contribution in [0.5, 0.6) is 0 Å².